The lowest BCUT2D eigenvalue weighted by Crippen LogP contribution is -2.28. The van der Waals surface area contributed by atoms with Crippen LogP contribution < -0.4 is 5.32 Å². The third-order valence-corrected chi connectivity index (χ3v) is 3.52. The second-order valence-electron chi connectivity index (χ2n) is 5.57. The third kappa shape index (κ3) is 3.93. The van der Waals surface area contributed by atoms with E-state index in [2.05, 4.69) is 33.0 Å². The summed E-state index contributed by atoms with van der Waals surface area (Å²) in [6.07, 6.45) is -4.27. The van der Waals surface area contributed by atoms with E-state index in [-0.39, 0.29) is 5.41 Å². The van der Waals surface area contributed by atoms with Crippen molar-refractivity contribution in [3.63, 3.8) is 0 Å². The van der Waals surface area contributed by atoms with Gasteiger partial charge in [-0.15, -0.1) is 0 Å². The van der Waals surface area contributed by atoms with Crippen LogP contribution in [0.3, 0.4) is 0 Å². The highest BCUT2D eigenvalue weighted by molar-refractivity contribution is 5.45. The second kappa shape index (κ2) is 5.21. The van der Waals surface area contributed by atoms with Gasteiger partial charge in [0.1, 0.15) is 0 Å². The van der Waals surface area contributed by atoms with Crippen molar-refractivity contribution in [1.82, 2.24) is 0 Å². The summed E-state index contributed by atoms with van der Waals surface area (Å²) < 4.78 is 37.1. The SMILES string of the molecule is CC(C)C(C)(C)CNc1ccc(C(F)(F)F)cc1. The standard InChI is InChI=1S/C14H20F3N/c1-10(2)13(3,4)9-18-12-7-5-11(6-8-12)14(15,16)17/h5-8,10,18H,9H2,1-4H3. The highest BCUT2D eigenvalue weighted by Gasteiger charge is 2.30. The van der Waals surface area contributed by atoms with Gasteiger partial charge in [0.05, 0.1) is 5.56 Å². The molecule has 0 fully saturated rings. The number of rotatable bonds is 4. The van der Waals surface area contributed by atoms with Crippen molar-refractivity contribution in [2.75, 3.05) is 11.9 Å². The van der Waals surface area contributed by atoms with Gasteiger partial charge in [0.15, 0.2) is 0 Å². The van der Waals surface area contributed by atoms with Gasteiger partial charge in [-0.2, -0.15) is 13.2 Å². The molecule has 0 saturated heterocycles. The molecule has 0 aliphatic heterocycles. The fourth-order valence-corrected chi connectivity index (χ4v) is 1.31. The van der Waals surface area contributed by atoms with E-state index in [9.17, 15) is 13.2 Å². The Bertz CT molecular complexity index is 377. The summed E-state index contributed by atoms with van der Waals surface area (Å²) in [4.78, 5) is 0. The molecule has 0 radical (unpaired) electrons. The monoisotopic (exact) mass is 259 g/mol. The van der Waals surface area contributed by atoms with Crippen molar-refractivity contribution in [2.45, 2.75) is 33.9 Å². The Morgan fingerprint density at radius 3 is 1.94 bits per heavy atom. The molecule has 0 aliphatic rings. The summed E-state index contributed by atoms with van der Waals surface area (Å²) in [7, 11) is 0. The molecule has 0 saturated carbocycles. The number of halogens is 3. The Balaban J connectivity index is 2.65. The molecule has 0 aliphatic carbocycles. The number of hydrogen-bond acceptors (Lipinski definition) is 1. The number of hydrogen-bond donors (Lipinski definition) is 1. The van der Waals surface area contributed by atoms with Crippen molar-refractivity contribution in [2.24, 2.45) is 11.3 Å². The first-order valence-electron chi connectivity index (χ1n) is 6.04. The van der Waals surface area contributed by atoms with Crippen LogP contribution in [0.15, 0.2) is 24.3 Å². The first-order valence-corrected chi connectivity index (χ1v) is 6.04. The quantitative estimate of drug-likeness (QED) is 0.819. The average Bonchev–Trinajstić information content (AvgIpc) is 2.25. The summed E-state index contributed by atoms with van der Waals surface area (Å²) in [6, 6.07) is 5.15. The van der Waals surface area contributed by atoms with E-state index in [0.29, 0.717) is 5.92 Å². The Hall–Kier alpha value is -1.19. The van der Waals surface area contributed by atoms with Crippen molar-refractivity contribution < 1.29 is 13.2 Å². The number of nitrogens with one attached hydrogen (secondary N) is 1. The number of benzene rings is 1. The lowest BCUT2D eigenvalue weighted by atomic mass is 9.81. The second-order valence-corrected chi connectivity index (χ2v) is 5.57. The maximum Gasteiger partial charge on any atom is 0.416 e. The molecule has 4 heteroatoms. The van der Waals surface area contributed by atoms with Gasteiger partial charge >= 0.3 is 6.18 Å². The molecule has 1 N–H and O–H groups in total. The average molecular weight is 259 g/mol. The van der Waals surface area contributed by atoms with Crippen LogP contribution in [0.4, 0.5) is 18.9 Å². The van der Waals surface area contributed by atoms with E-state index in [4.69, 9.17) is 0 Å². The highest BCUT2D eigenvalue weighted by Crippen LogP contribution is 2.30. The van der Waals surface area contributed by atoms with Crippen LogP contribution in [0.5, 0.6) is 0 Å². The first kappa shape index (κ1) is 14.9. The molecule has 102 valence electrons. The Morgan fingerprint density at radius 1 is 1.06 bits per heavy atom. The predicted molar refractivity (Wildman–Crippen MR) is 68.6 cm³/mol. The molecule has 1 nitrogen and oxygen atoms in total. The van der Waals surface area contributed by atoms with Crippen LogP contribution >= 0.6 is 0 Å². The van der Waals surface area contributed by atoms with Gasteiger partial charge in [-0.3, -0.25) is 0 Å². The molecule has 0 atom stereocenters. The smallest absolute Gasteiger partial charge is 0.384 e. The van der Waals surface area contributed by atoms with Crippen LogP contribution in [-0.2, 0) is 6.18 Å². The van der Waals surface area contributed by atoms with E-state index >= 15 is 0 Å². The summed E-state index contributed by atoms with van der Waals surface area (Å²) in [5, 5.41) is 3.18. The van der Waals surface area contributed by atoms with Crippen molar-refractivity contribution in [3.05, 3.63) is 29.8 Å². The summed E-state index contributed by atoms with van der Waals surface area (Å²) >= 11 is 0. The molecule has 0 unspecified atom stereocenters. The third-order valence-electron chi connectivity index (χ3n) is 3.52. The summed E-state index contributed by atoms with van der Waals surface area (Å²) in [6.45, 7) is 9.27. The maximum absolute atomic E-state index is 12.4. The lowest BCUT2D eigenvalue weighted by Gasteiger charge is -2.29. The molecular weight excluding hydrogens is 239 g/mol. The van der Waals surface area contributed by atoms with Gasteiger partial charge in [0.2, 0.25) is 0 Å². The highest BCUT2D eigenvalue weighted by atomic mass is 19.4. The molecule has 0 aromatic heterocycles. The summed E-state index contributed by atoms with van der Waals surface area (Å²) in [5.74, 6) is 0.499. The van der Waals surface area contributed by atoms with Crippen LogP contribution in [0.2, 0.25) is 0 Å². The Labute approximate surface area is 106 Å². The van der Waals surface area contributed by atoms with Gasteiger partial charge in [-0.05, 0) is 35.6 Å². The summed E-state index contributed by atoms with van der Waals surface area (Å²) in [5.41, 5.74) is 0.204. The van der Waals surface area contributed by atoms with Gasteiger partial charge in [0.25, 0.3) is 0 Å². The zero-order valence-electron chi connectivity index (χ0n) is 11.2. The largest absolute Gasteiger partial charge is 0.416 e. The molecule has 1 aromatic carbocycles. The number of anilines is 1. The minimum atomic E-state index is -4.27. The van der Waals surface area contributed by atoms with Crippen LogP contribution in [0, 0.1) is 11.3 Å². The van der Waals surface area contributed by atoms with Gasteiger partial charge in [-0.1, -0.05) is 27.7 Å². The zero-order chi connectivity index (χ0) is 14.0. The minimum Gasteiger partial charge on any atom is -0.384 e. The fraction of sp³-hybridized carbons (Fsp3) is 0.571. The van der Waals surface area contributed by atoms with Crippen LogP contribution in [0.25, 0.3) is 0 Å². The minimum absolute atomic E-state index is 0.0999. The van der Waals surface area contributed by atoms with Gasteiger partial charge in [-0.25, -0.2) is 0 Å². The zero-order valence-corrected chi connectivity index (χ0v) is 11.2. The van der Waals surface area contributed by atoms with Crippen LogP contribution in [-0.4, -0.2) is 6.54 Å². The number of alkyl halides is 3. The van der Waals surface area contributed by atoms with Gasteiger partial charge < -0.3 is 5.32 Å². The predicted octanol–water partition coefficient (Wildman–Crippen LogP) is 4.80. The van der Waals surface area contributed by atoms with Crippen LogP contribution in [0.1, 0.15) is 33.3 Å². The van der Waals surface area contributed by atoms with E-state index in [0.717, 1.165) is 24.4 Å². The van der Waals surface area contributed by atoms with E-state index < -0.39 is 11.7 Å². The van der Waals surface area contributed by atoms with Crippen molar-refractivity contribution in [1.29, 1.82) is 0 Å². The fourth-order valence-electron chi connectivity index (χ4n) is 1.31. The van der Waals surface area contributed by atoms with Gasteiger partial charge in [0, 0.05) is 12.2 Å². The molecule has 0 heterocycles. The first-order chi connectivity index (χ1) is 8.13. The molecule has 1 rings (SSSR count). The topological polar surface area (TPSA) is 12.0 Å². The van der Waals surface area contributed by atoms with E-state index in [1.54, 1.807) is 0 Å². The molecule has 18 heavy (non-hydrogen) atoms. The van der Waals surface area contributed by atoms with Crippen molar-refractivity contribution >= 4 is 5.69 Å². The van der Waals surface area contributed by atoms with Crippen molar-refractivity contribution in [3.8, 4) is 0 Å². The molecular formula is C14H20F3N. The lowest BCUT2D eigenvalue weighted by molar-refractivity contribution is -0.137. The Morgan fingerprint density at radius 2 is 1.56 bits per heavy atom. The van der Waals surface area contributed by atoms with E-state index in [1.165, 1.54) is 12.1 Å². The molecule has 0 spiro atoms. The van der Waals surface area contributed by atoms with E-state index in [1.807, 2.05) is 0 Å². The molecule has 0 amide bonds. The Kier molecular flexibility index (Phi) is 4.30. The molecule has 0 bridgehead atoms. The normalized spacial score (nSPS) is 12.9. The maximum atomic E-state index is 12.4. The molecule has 1 aromatic rings.